The predicted octanol–water partition coefficient (Wildman–Crippen LogP) is 1.88. The number of carbonyl (C=O) groups is 1. The van der Waals surface area contributed by atoms with Crippen molar-refractivity contribution in [2.45, 2.75) is 13.1 Å². The van der Waals surface area contributed by atoms with E-state index in [1.165, 1.54) is 16.0 Å². The molecule has 0 spiro atoms. The van der Waals surface area contributed by atoms with Gasteiger partial charge in [0.15, 0.2) is 0 Å². The minimum absolute atomic E-state index is 0.0688. The fourth-order valence-corrected chi connectivity index (χ4v) is 3.85. The van der Waals surface area contributed by atoms with Gasteiger partial charge in [0.2, 0.25) is 5.91 Å². The average molecular weight is 418 g/mol. The Balaban J connectivity index is 1.24. The summed E-state index contributed by atoms with van der Waals surface area (Å²) in [6, 6.07) is 18.4. The number of nitrogens with zero attached hydrogens (tertiary/aromatic N) is 3. The van der Waals surface area contributed by atoms with Gasteiger partial charge in [0.05, 0.1) is 46.0 Å². The van der Waals surface area contributed by atoms with Gasteiger partial charge in [0.25, 0.3) is 0 Å². The molecule has 1 aromatic heterocycles. The second-order valence-electron chi connectivity index (χ2n) is 7.89. The van der Waals surface area contributed by atoms with E-state index in [4.69, 9.17) is 4.74 Å². The molecule has 31 heavy (non-hydrogen) atoms. The molecule has 1 aliphatic heterocycles. The molecule has 1 saturated heterocycles. The van der Waals surface area contributed by atoms with Gasteiger partial charge in [-0.05, 0) is 35.9 Å². The molecule has 0 aliphatic carbocycles. The summed E-state index contributed by atoms with van der Waals surface area (Å²) >= 11 is 0. The van der Waals surface area contributed by atoms with E-state index in [2.05, 4.69) is 29.4 Å². The lowest BCUT2D eigenvalue weighted by Crippen LogP contribution is -3.13. The average Bonchev–Trinajstić information content (AvgIpc) is 3.26. The van der Waals surface area contributed by atoms with Crippen LogP contribution in [0.4, 0.5) is 0 Å². The largest absolute Gasteiger partial charge is 0.497 e. The van der Waals surface area contributed by atoms with E-state index in [0.717, 1.165) is 50.6 Å². The molecule has 1 N–H and O–H groups in total. The lowest BCUT2D eigenvalue weighted by atomic mass is 10.2. The topological polar surface area (TPSA) is 51.8 Å². The maximum absolute atomic E-state index is 12.6. The van der Waals surface area contributed by atoms with E-state index >= 15 is 0 Å². The highest BCUT2D eigenvalue weighted by Crippen LogP contribution is 2.10. The Morgan fingerprint density at radius 2 is 1.81 bits per heavy atom. The predicted molar refractivity (Wildman–Crippen MR) is 121 cm³/mol. The standard InChI is InChI=1S/C25H28N4O2/c1-31-24-10-7-22(8-11-24)18-27-13-15-28(16-14-27)25(30)12-9-23-17-26-29(20-23)19-21-5-3-2-4-6-21/h2-12,17,20H,13-16,18-19H2,1H3/p+1/b12-9+. The van der Waals surface area contributed by atoms with E-state index in [-0.39, 0.29) is 5.91 Å². The SMILES string of the molecule is COc1ccc(C[NH+]2CCN(C(=O)/C=C/c3cnn(Cc4ccccc4)c3)CC2)cc1. The molecule has 4 rings (SSSR count). The van der Waals surface area contributed by atoms with Crippen LogP contribution in [0, 0.1) is 0 Å². The minimum atomic E-state index is 0.0688. The second kappa shape index (κ2) is 10.1. The molecule has 160 valence electrons. The van der Waals surface area contributed by atoms with Gasteiger partial charge in [-0.3, -0.25) is 9.48 Å². The quantitative estimate of drug-likeness (QED) is 0.598. The number of nitrogens with one attached hydrogen (secondary N) is 1. The Morgan fingerprint density at radius 1 is 1.06 bits per heavy atom. The number of aromatic nitrogens is 2. The molecule has 2 heterocycles. The zero-order valence-electron chi connectivity index (χ0n) is 17.9. The summed E-state index contributed by atoms with van der Waals surface area (Å²) in [6.45, 7) is 5.18. The number of methoxy groups -OCH3 is 1. The number of rotatable bonds is 7. The van der Waals surface area contributed by atoms with Crippen molar-refractivity contribution >= 4 is 12.0 Å². The Morgan fingerprint density at radius 3 is 2.52 bits per heavy atom. The summed E-state index contributed by atoms with van der Waals surface area (Å²) in [5.74, 6) is 0.950. The molecule has 0 atom stereocenters. The first kappa shape index (κ1) is 20.9. The molecule has 2 aromatic carbocycles. The number of benzene rings is 2. The van der Waals surface area contributed by atoms with Crippen molar-refractivity contribution in [1.82, 2.24) is 14.7 Å². The monoisotopic (exact) mass is 417 g/mol. The molecule has 0 unspecified atom stereocenters. The number of quaternary nitrogens is 1. The van der Waals surface area contributed by atoms with Gasteiger partial charge in [-0.25, -0.2) is 0 Å². The lowest BCUT2D eigenvalue weighted by molar-refractivity contribution is -0.917. The van der Waals surface area contributed by atoms with Crippen molar-refractivity contribution in [2.75, 3.05) is 33.3 Å². The molecular formula is C25H29N4O2+. The van der Waals surface area contributed by atoms with Crippen LogP contribution in [0.5, 0.6) is 5.75 Å². The normalized spacial score (nSPS) is 14.8. The summed E-state index contributed by atoms with van der Waals surface area (Å²) in [4.78, 5) is 16.0. The van der Waals surface area contributed by atoms with Gasteiger partial charge in [0.1, 0.15) is 12.3 Å². The highest BCUT2D eigenvalue weighted by Gasteiger charge is 2.22. The van der Waals surface area contributed by atoms with E-state index in [1.807, 2.05) is 52.2 Å². The van der Waals surface area contributed by atoms with E-state index in [0.29, 0.717) is 0 Å². The van der Waals surface area contributed by atoms with Crippen LogP contribution < -0.4 is 9.64 Å². The Labute approximate surface area is 183 Å². The third-order valence-electron chi connectivity index (χ3n) is 5.65. The molecule has 6 nitrogen and oxygen atoms in total. The summed E-state index contributed by atoms with van der Waals surface area (Å²) in [5, 5.41) is 4.39. The van der Waals surface area contributed by atoms with Crippen LogP contribution in [-0.2, 0) is 17.9 Å². The first-order valence-corrected chi connectivity index (χ1v) is 10.7. The zero-order valence-corrected chi connectivity index (χ0v) is 17.9. The fraction of sp³-hybridized carbons (Fsp3) is 0.280. The van der Waals surface area contributed by atoms with E-state index < -0.39 is 0 Å². The second-order valence-corrected chi connectivity index (χ2v) is 7.89. The smallest absolute Gasteiger partial charge is 0.246 e. The zero-order chi connectivity index (χ0) is 21.5. The summed E-state index contributed by atoms with van der Waals surface area (Å²) in [6.07, 6.45) is 7.28. The molecule has 0 radical (unpaired) electrons. The molecular weight excluding hydrogens is 388 g/mol. The van der Waals surface area contributed by atoms with Crippen molar-refractivity contribution in [3.05, 3.63) is 89.8 Å². The van der Waals surface area contributed by atoms with E-state index in [9.17, 15) is 4.79 Å². The number of hydrogen-bond donors (Lipinski definition) is 1. The summed E-state index contributed by atoms with van der Waals surface area (Å²) in [5.41, 5.74) is 3.43. The van der Waals surface area contributed by atoms with Gasteiger partial charge < -0.3 is 14.5 Å². The van der Waals surface area contributed by atoms with Crippen molar-refractivity contribution < 1.29 is 14.4 Å². The molecule has 3 aromatic rings. The fourth-order valence-electron chi connectivity index (χ4n) is 3.85. The van der Waals surface area contributed by atoms with Gasteiger partial charge in [-0.2, -0.15) is 5.10 Å². The van der Waals surface area contributed by atoms with Gasteiger partial charge in [-0.15, -0.1) is 0 Å². The van der Waals surface area contributed by atoms with Crippen LogP contribution in [0.25, 0.3) is 6.08 Å². The summed E-state index contributed by atoms with van der Waals surface area (Å²) < 4.78 is 7.11. The highest BCUT2D eigenvalue weighted by atomic mass is 16.5. The van der Waals surface area contributed by atoms with E-state index in [1.54, 1.807) is 19.4 Å². The van der Waals surface area contributed by atoms with Crippen molar-refractivity contribution in [3.63, 3.8) is 0 Å². The van der Waals surface area contributed by atoms with Crippen LogP contribution in [-0.4, -0.2) is 53.9 Å². The van der Waals surface area contributed by atoms with Crippen molar-refractivity contribution in [2.24, 2.45) is 0 Å². The third kappa shape index (κ3) is 5.83. The van der Waals surface area contributed by atoms with Gasteiger partial charge in [-0.1, -0.05) is 30.3 Å². The Hall–Kier alpha value is -3.38. The number of ether oxygens (including phenoxy) is 1. The van der Waals surface area contributed by atoms with Crippen LogP contribution in [0.15, 0.2) is 73.1 Å². The number of amides is 1. The van der Waals surface area contributed by atoms with Crippen LogP contribution in [0.1, 0.15) is 16.7 Å². The Kier molecular flexibility index (Phi) is 6.79. The summed E-state index contributed by atoms with van der Waals surface area (Å²) in [7, 11) is 1.68. The first-order valence-electron chi connectivity index (χ1n) is 10.7. The molecule has 1 fully saturated rings. The van der Waals surface area contributed by atoms with Crippen molar-refractivity contribution in [1.29, 1.82) is 0 Å². The third-order valence-corrected chi connectivity index (χ3v) is 5.65. The minimum Gasteiger partial charge on any atom is -0.497 e. The van der Waals surface area contributed by atoms with Crippen LogP contribution >= 0.6 is 0 Å². The van der Waals surface area contributed by atoms with Crippen LogP contribution in [0.3, 0.4) is 0 Å². The number of piperazine rings is 1. The maximum atomic E-state index is 12.6. The lowest BCUT2D eigenvalue weighted by Gasteiger charge is -2.31. The molecule has 1 aliphatic rings. The maximum Gasteiger partial charge on any atom is 0.246 e. The molecule has 6 heteroatoms. The van der Waals surface area contributed by atoms with Crippen LogP contribution in [0.2, 0.25) is 0 Å². The molecule has 0 bridgehead atoms. The Bertz CT molecular complexity index is 1000. The van der Waals surface area contributed by atoms with Gasteiger partial charge >= 0.3 is 0 Å². The van der Waals surface area contributed by atoms with Gasteiger partial charge in [0, 0.05) is 23.4 Å². The highest BCUT2D eigenvalue weighted by molar-refractivity contribution is 5.91. The number of carbonyl (C=O) groups excluding carboxylic acids is 1. The molecule has 0 saturated carbocycles. The number of hydrogen-bond acceptors (Lipinski definition) is 3. The molecule has 1 amide bonds. The van der Waals surface area contributed by atoms with Crippen molar-refractivity contribution in [3.8, 4) is 5.75 Å². The first-order chi connectivity index (χ1) is 15.2.